The number of hydrogen-bond acceptors (Lipinski definition) is 3. The molecule has 0 radical (unpaired) electrons. The third-order valence-electron chi connectivity index (χ3n) is 4.65. The summed E-state index contributed by atoms with van der Waals surface area (Å²) in [7, 11) is 0. The number of hydrogen-bond donors (Lipinski definition) is 0. The Labute approximate surface area is 174 Å². The van der Waals surface area contributed by atoms with Gasteiger partial charge in [-0.1, -0.05) is 0 Å². The highest BCUT2D eigenvalue weighted by Crippen LogP contribution is 2.23. The van der Waals surface area contributed by atoms with E-state index in [0.29, 0.717) is 30.4 Å². The van der Waals surface area contributed by atoms with Crippen molar-refractivity contribution < 1.29 is 4.39 Å². The first-order chi connectivity index (χ1) is 13.6. The van der Waals surface area contributed by atoms with Crippen LogP contribution in [-0.4, -0.2) is 40.6 Å². The van der Waals surface area contributed by atoms with Crippen LogP contribution >= 0.6 is 23.2 Å². The maximum absolute atomic E-state index is 14.5. The lowest BCUT2D eigenvalue weighted by atomic mass is 10.2. The van der Waals surface area contributed by atoms with Crippen LogP contribution in [0, 0.1) is 12.7 Å². The molecule has 0 N–H and O–H groups in total. The SMILES string of the molecule is CCn1c(C)nc2cc(N=Cc3ccc(N(CCCl)CCCl)cc3F)ccc21. The minimum absolute atomic E-state index is 0.331. The number of aromatic nitrogens is 2. The number of halogens is 3. The van der Waals surface area contributed by atoms with E-state index in [1.54, 1.807) is 6.07 Å². The molecule has 0 aliphatic rings. The largest absolute Gasteiger partial charge is 0.369 e. The summed E-state index contributed by atoms with van der Waals surface area (Å²) in [5, 5.41) is 0. The monoisotopic (exact) mass is 420 g/mol. The van der Waals surface area contributed by atoms with Crippen molar-refractivity contribution in [2.45, 2.75) is 20.4 Å². The molecule has 7 heteroatoms. The molecular formula is C21H23Cl2FN4. The molecule has 0 bridgehead atoms. The Hall–Kier alpha value is -2.11. The molecule has 0 aliphatic heterocycles. The molecular weight excluding hydrogens is 398 g/mol. The van der Waals surface area contributed by atoms with Gasteiger partial charge in [0, 0.05) is 48.9 Å². The van der Waals surface area contributed by atoms with Crippen LogP contribution in [0.15, 0.2) is 41.4 Å². The van der Waals surface area contributed by atoms with Crippen LogP contribution in [0.25, 0.3) is 11.0 Å². The molecule has 2 aromatic carbocycles. The molecule has 0 amide bonds. The van der Waals surface area contributed by atoms with Gasteiger partial charge in [-0.3, -0.25) is 4.99 Å². The zero-order valence-electron chi connectivity index (χ0n) is 16.0. The zero-order chi connectivity index (χ0) is 20.1. The van der Waals surface area contributed by atoms with Crippen molar-refractivity contribution in [2.24, 2.45) is 4.99 Å². The predicted molar refractivity (Wildman–Crippen MR) is 117 cm³/mol. The zero-order valence-corrected chi connectivity index (χ0v) is 17.5. The van der Waals surface area contributed by atoms with Crippen molar-refractivity contribution in [2.75, 3.05) is 29.7 Å². The summed E-state index contributed by atoms with van der Waals surface area (Å²) >= 11 is 11.7. The molecule has 4 nitrogen and oxygen atoms in total. The minimum atomic E-state index is -0.331. The molecule has 1 heterocycles. The Morgan fingerprint density at radius 2 is 1.89 bits per heavy atom. The molecule has 0 fully saturated rings. The first-order valence-corrected chi connectivity index (χ1v) is 10.3. The molecule has 3 rings (SSSR count). The number of fused-ring (bicyclic) bond motifs is 1. The summed E-state index contributed by atoms with van der Waals surface area (Å²) in [5.41, 5.74) is 3.90. The quantitative estimate of drug-likeness (QED) is 0.354. The number of nitrogens with zero attached hydrogens (tertiary/aromatic N) is 4. The van der Waals surface area contributed by atoms with Gasteiger partial charge in [0.15, 0.2) is 0 Å². The van der Waals surface area contributed by atoms with E-state index in [1.165, 1.54) is 12.3 Å². The highest BCUT2D eigenvalue weighted by atomic mass is 35.5. The molecule has 0 saturated carbocycles. The number of imidazole rings is 1. The van der Waals surface area contributed by atoms with E-state index in [0.717, 1.165) is 34.8 Å². The first kappa shape index (κ1) is 20.6. The summed E-state index contributed by atoms with van der Waals surface area (Å²) in [6, 6.07) is 10.9. The summed E-state index contributed by atoms with van der Waals surface area (Å²) in [6.45, 7) is 6.18. The Kier molecular flexibility index (Phi) is 6.92. The molecule has 0 spiro atoms. The van der Waals surface area contributed by atoms with E-state index in [9.17, 15) is 4.39 Å². The van der Waals surface area contributed by atoms with Crippen LogP contribution in [0.4, 0.5) is 15.8 Å². The van der Waals surface area contributed by atoms with Gasteiger partial charge in [-0.25, -0.2) is 9.37 Å². The first-order valence-electron chi connectivity index (χ1n) is 9.24. The molecule has 0 atom stereocenters. The maximum atomic E-state index is 14.5. The molecule has 148 valence electrons. The van der Waals surface area contributed by atoms with Gasteiger partial charge in [0.1, 0.15) is 11.6 Å². The van der Waals surface area contributed by atoms with Crippen molar-refractivity contribution in [1.82, 2.24) is 9.55 Å². The van der Waals surface area contributed by atoms with Crippen LogP contribution in [-0.2, 0) is 6.54 Å². The second kappa shape index (κ2) is 9.39. The van der Waals surface area contributed by atoms with Gasteiger partial charge in [-0.2, -0.15) is 0 Å². The molecule has 1 aromatic heterocycles. The molecule has 0 saturated heterocycles. The van der Waals surface area contributed by atoms with E-state index in [-0.39, 0.29) is 5.82 Å². The lowest BCUT2D eigenvalue weighted by Gasteiger charge is -2.23. The highest BCUT2D eigenvalue weighted by Gasteiger charge is 2.09. The van der Waals surface area contributed by atoms with Gasteiger partial charge in [0.2, 0.25) is 0 Å². The van der Waals surface area contributed by atoms with Crippen molar-refractivity contribution in [3.05, 3.63) is 53.6 Å². The number of alkyl halides is 2. The normalized spacial score (nSPS) is 11.6. The van der Waals surface area contributed by atoms with E-state index in [4.69, 9.17) is 23.2 Å². The third kappa shape index (κ3) is 4.47. The number of aryl methyl sites for hydroxylation is 2. The van der Waals surface area contributed by atoms with E-state index >= 15 is 0 Å². The maximum Gasteiger partial charge on any atom is 0.134 e. The van der Waals surface area contributed by atoms with Gasteiger partial charge in [-0.05, 0) is 50.2 Å². The fourth-order valence-electron chi connectivity index (χ4n) is 3.25. The lowest BCUT2D eigenvalue weighted by molar-refractivity contribution is 0.625. The molecule has 28 heavy (non-hydrogen) atoms. The van der Waals surface area contributed by atoms with Gasteiger partial charge in [0.05, 0.1) is 16.7 Å². The van der Waals surface area contributed by atoms with Crippen molar-refractivity contribution in [3.8, 4) is 0 Å². The fourth-order valence-corrected chi connectivity index (χ4v) is 3.66. The standard InChI is InChI=1S/C21H23Cl2FN4/c1-3-28-15(2)26-20-12-17(5-7-21(20)28)25-14-16-4-6-18(13-19(16)24)27(10-8-22)11-9-23/h4-7,12-14H,3,8-11H2,1-2H3. The Morgan fingerprint density at radius 3 is 2.54 bits per heavy atom. The van der Waals surface area contributed by atoms with Crippen LogP contribution in [0.2, 0.25) is 0 Å². The Morgan fingerprint density at radius 1 is 1.14 bits per heavy atom. The second-order valence-corrected chi connectivity index (χ2v) is 7.16. The Bertz CT molecular complexity index is 978. The van der Waals surface area contributed by atoms with Crippen molar-refractivity contribution >= 4 is 51.8 Å². The topological polar surface area (TPSA) is 33.4 Å². The third-order valence-corrected chi connectivity index (χ3v) is 4.99. The second-order valence-electron chi connectivity index (χ2n) is 6.41. The summed E-state index contributed by atoms with van der Waals surface area (Å²) in [6.07, 6.45) is 1.54. The predicted octanol–water partition coefficient (Wildman–Crippen LogP) is 5.54. The van der Waals surface area contributed by atoms with Gasteiger partial charge >= 0.3 is 0 Å². The van der Waals surface area contributed by atoms with E-state index in [2.05, 4.69) is 21.5 Å². The molecule has 3 aromatic rings. The average Bonchev–Trinajstić information content (AvgIpc) is 3.01. The van der Waals surface area contributed by atoms with Crippen LogP contribution < -0.4 is 4.90 Å². The average molecular weight is 421 g/mol. The van der Waals surface area contributed by atoms with Crippen LogP contribution in [0.5, 0.6) is 0 Å². The van der Waals surface area contributed by atoms with E-state index < -0.39 is 0 Å². The summed E-state index contributed by atoms with van der Waals surface area (Å²) in [5.74, 6) is 1.55. The smallest absolute Gasteiger partial charge is 0.134 e. The van der Waals surface area contributed by atoms with Crippen LogP contribution in [0.3, 0.4) is 0 Å². The number of anilines is 1. The lowest BCUT2D eigenvalue weighted by Crippen LogP contribution is -2.27. The van der Waals surface area contributed by atoms with Crippen molar-refractivity contribution in [1.29, 1.82) is 0 Å². The minimum Gasteiger partial charge on any atom is -0.369 e. The summed E-state index contributed by atoms with van der Waals surface area (Å²) in [4.78, 5) is 11.0. The molecule has 0 unspecified atom stereocenters. The number of rotatable bonds is 8. The van der Waals surface area contributed by atoms with E-state index in [1.807, 2.05) is 36.1 Å². The highest BCUT2D eigenvalue weighted by molar-refractivity contribution is 6.18. The number of benzene rings is 2. The van der Waals surface area contributed by atoms with Gasteiger partial charge in [-0.15, -0.1) is 23.2 Å². The fraction of sp³-hybridized carbons (Fsp3) is 0.333. The van der Waals surface area contributed by atoms with Crippen LogP contribution in [0.1, 0.15) is 18.3 Å². The summed E-state index contributed by atoms with van der Waals surface area (Å²) < 4.78 is 16.7. The van der Waals surface area contributed by atoms with Crippen molar-refractivity contribution in [3.63, 3.8) is 0 Å². The molecule has 0 aliphatic carbocycles. The number of aliphatic imine (C=N–C) groups is 1. The van der Waals surface area contributed by atoms with Gasteiger partial charge < -0.3 is 9.47 Å². The van der Waals surface area contributed by atoms with Gasteiger partial charge in [0.25, 0.3) is 0 Å². The Balaban J connectivity index is 1.83.